The van der Waals surface area contributed by atoms with E-state index in [1.54, 1.807) is 17.4 Å². The van der Waals surface area contributed by atoms with E-state index in [0.717, 1.165) is 13.7 Å². The van der Waals surface area contributed by atoms with Crippen molar-refractivity contribution < 1.29 is 10.0 Å². The average Bonchev–Trinajstić information content (AvgIpc) is 2.59. The summed E-state index contributed by atoms with van der Waals surface area (Å²) in [5, 5.41) is 21.2. The lowest BCUT2D eigenvalue weighted by Gasteiger charge is -2.06. The largest absolute Gasteiger partial charge is 0.489 e. The molecule has 2 aromatic rings. The van der Waals surface area contributed by atoms with Crippen LogP contribution in [0.15, 0.2) is 22.4 Å². The summed E-state index contributed by atoms with van der Waals surface area (Å²) in [6.07, 6.45) is 0. The van der Waals surface area contributed by atoms with Crippen LogP contribution in [0, 0.1) is 3.57 Å². The fourth-order valence-electron chi connectivity index (χ4n) is 1.30. The first-order valence-corrected chi connectivity index (χ1v) is 6.26. The second kappa shape index (κ2) is 4.01. The van der Waals surface area contributed by atoms with Gasteiger partial charge in [0, 0.05) is 18.6 Å². The minimum atomic E-state index is -1.46. The summed E-state index contributed by atoms with van der Waals surface area (Å²) >= 11 is 8.11. The molecule has 0 saturated heterocycles. The molecule has 1 aromatic carbocycles. The Morgan fingerprint density at radius 3 is 2.79 bits per heavy atom. The van der Waals surface area contributed by atoms with Crippen LogP contribution in [-0.2, 0) is 0 Å². The van der Waals surface area contributed by atoms with Crippen molar-refractivity contribution >= 4 is 69.2 Å². The number of thiophene rings is 1. The predicted molar refractivity (Wildman–Crippen MR) is 71.6 cm³/mol. The Labute approximate surface area is 105 Å². The third-order valence-corrected chi connectivity index (χ3v) is 4.63. The number of thiol groups is 1. The van der Waals surface area contributed by atoms with Gasteiger partial charge >= 0.3 is 7.12 Å². The van der Waals surface area contributed by atoms with E-state index in [0.29, 0.717) is 10.4 Å². The van der Waals surface area contributed by atoms with Crippen molar-refractivity contribution in [3.63, 3.8) is 0 Å². The maximum atomic E-state index is 9.13. The van der Waals surface area contributed by atoms with Gasteiger partial charge in [-0.2, -0.15) is 0 Å². The summed E-state index contributed by atoms with van der Waals surface area (Å²) in [5.41, 5.74) is 0.462. The third-order valence-electron chi connectivity index (χ3n) is 1.97. The summed E-state index contributed by atoms with van der Waals surface area (Å²) in [6.45, 7) is 0. The molecule has 0 aliphatic heterocycles. The third kappa shape index (κ3) is 1.69. The van der Waals surface area contributed by atoms with Crippen molar-refractivity contribution in [1.29, 1.82) is 0 Å². The van der Waals surface area contributed by atoms with E-state index in [-0.39, 0.29) is 0 Å². The van der Waals surface area contributed by atoms with Crippen LogP contribution in [0.25, 0.3) is 10.1 Å². The molecule has 0 fully saturated rings. The highest BCUT2D eigenvalue weighted by molar-refractivity contribution is 14.1. The second-order valence-corrected chi connectivity index (χ2v) is 5.36. The van der Waals surface area contributed by atoms with Crippen LogP contribution in [0.4, 0.5) is 0 Å². The molecule has 2 rings (SSSR count). The Balaban J connectivity index is 2.82. The summed E-state index contributed by atoms with van der Waals surface area (Å²) < 4.78 is 2.16. The van der Waals surface area contributed by atoms with Gasteiger partial charge in [0.1, 0.15) is 0 Å². The molecular formula is C8H6BIO2S2. The number of hydrogen-bond donors (Lipinski definition) is 3. The molecule has 14 heavy (non-hydrogen) atoms. The average molecular weight is 336 g/mol. The monoisotopic (exact) mass is 336 g/mol. The van der Waals surface area contributed by atoms with Crippen LogP contribution in [0.3, 0.4) is 0 Å². The topological polar surface area (TPSA) is 40.5 Å². The molecule has 0 spiro atoms. The zero-order valence-corrected chi connectivity index (χ0v) is 10.8. The van der Waals surface area contributed by atoms with Gasteiger partial charge in [-0.25, -0.2) is 0 Å². The van der Waals surface area contributed by atoms with Crippen LogP contribution in [0.2, 0.25) is 0 Å². The first-order valence-electron chi connectivity index (χ1n) is 3.86. The number of hydrogen-bond acceptors (Lipinski definition) is 4. The lowest BCUT2D eigenvalue weighted by atomic mass is 9.80. The second-order valence-electron chi connectivity index (χ2n) is 2.83. The molecule has 72 valence electrons. The molecule has 0 unspecified atom stereocenters. The van der Waals surface area contributed by atoms with Crippen molar-refractivity contribution in [1.82, 2.24) is 0 Å². The molecule has 0 bridgehead atoms. The standard InChI is InChI=1S/C8H6BIO2S2/c10-6-3-5(9(11)12)7(13)4-1-2-14-8(4)6/h1-3,11-13H. The molecule has 0 aliphatic rings. The van der Waals surface area contributed by atoms with Crippen LogP contribution < -0.4 is 5.46 Å². The van der Waals surface area contributed by atoms with Gasteiger partial charge in [-0.15, -0.1) is 24.0 Å². The smallest absolute Gasteiger partial charge is 0.423 e. The Morgan fingerprint density at radius 1 is 1.43 bits per heavy atom. The lowest BCUT2D eigenvalue weighted by molar-refractivity contribution is 0.425. The van der Waals surface area contributed by atoms with Gasteiger partial charge in [0.25, 0.3) is 0 Å². The Bertz CT molecular complexity index is 483. The zero-order valence-electron chi connectivity index (χ0n) is 6.94. The van der Waals surface area contributed by atoms with E-state index >= 15 is 0 Å². The van der Waals surface area contributed by atoms with E-state index in [2.05, 4.69) is 35.2 Å². The molecule has 0 radical (unpaired) electrons. The quantitative estimate of drug-likeness (QED) is 0.419. The molecule has 2 N–H and O–H groups in total. The van der Waals surface area contributed by atoms with E-state index in [9.17, 15) is 0 Å². The van der Waals surface area contributed by atoms with Crippen molar-refractivity contribution in [2.24, 2.45) is 0 Å². The molecule has 2 nitrogen and oxygen atoms in total. The number of benzene rings is 1. The van der Waals surface area contributed by atoms with Crippen molar-refractivity contribution in [2.45, 2.75) is 4.90 Å². The van der Waals surface area contributed by atoms with Gasteiger partial charge in [0.05, 0.1) is 0 Å². The highest BCUT2D eigenvalue weighted by atomic mass is 127. The maximum absolute atomic E-state index is 9.13. The van der Waals surface area contributed by atoms with Gasteiger partial charge < -0.3 is 10.0 Å². The fraction of sp³-hybridized carbons (Fsp3) is 0. The van der Waals surface area contributed by atoms with Gasteiger partial charge in [0.15, 0.2) is 0 Å². The van der Waals surface area contributed by atoms with Gasteiger partial charge in [0.2, 0.25) is 0 Å². The minimum Gasteiger partial charge on any atom is -0.423 e. The Morgan fingerprint density at radius 2 is 2.14 bits per heavy atom. The minimum absolute atomic E-state index is 0.462. The van der Waals surface area contributed by atoms with Gasteiger partial charge in [-0.3, -0.25) is 0 Å². The molecule has 0 atom stereocenters. The Hall–Kier alpha value is 0.245. The molecule has 0 aliphatic carbocycles. The highest BCUT2D eigenvalue weighted by Crippen LogP contribution is 2.29. The summed E-state index contributed by atoms with van der Waals surface area (Å²) in [7, 11) is -1.46. The molecule has 1 heterocycles. The van der Waals surface area contributed by atoms with E-state index in [4.69, 9.17) is 10.0 Å². The zero-order chi connectivity index (χ0) is 10.3. The van der Waals surface area contributed by atoms with Gasteiger partial charge in [-0.05, 0) is 45.6 Å². The van der Waals surface area contributed by atoms with Gasteiger partial charge in [-0.1, -0.05) is 0 Å². The van der Waals surface area contributed by atoms with Crippen LogP contribution in [0.1, 0.15) is 0 Å². The van der Waals surface area contributed by atoms with Crippen LogP contribution in [0.5, 0.6) is 0 Å². The predicted octanol–water partition coefficient (Wildman–Crippen LogP) is 1.47. The van der Waals surface area contributed by atoms with Crippen LogP contribution in [-0.4, -0.2) is 17.2 Å². The molecular weight excluding hydrogens is 330 g/mol. The highest BCUT2D eigenvalue weighted by Gasteiger charge is 2.18. The van der Waals surface area contributed by atoms with E-state index < -0.39 is 7.12 Å². The molecule has 1 aromatic heterocycles. The summed E-state index contributed by atoms with van der Waals surface area (Å²) in [5.74, 6) is 0. The molecule has 0 amide bonds. The van der Waals surface area contributed by atoms with E-state index in [1.165, 1.54) is 0 Å². The summed E-state index contributed by atoms with van der Waals surface area (Å²) in [4.78, 5) is 0.650. The fourth-order valence-corrected chi connectivity index (χ4v) is 3.56. The Kier molecular flexibility index (Phi) is 3.08. The summed E-state index contributed by atoms with van der Waals surface area (Å²) in [6, 6.07) is 3.70. The normalized spacial score (nSPS) is 10.9. The molecule has 0 saturated carbocycles. The van der Waals surface area contributed by atoms with E-state index in [1.807, 2.05) is 11.4 Å². The number of fused-ring (bicyclic) bond motifs is 1. The SMILES string of the molecule is OB(O)c1cc(I)c2sccc2c1S. The maximum Gasteiger partial charge on any atom is 0.489 e. The first kappa shape index (κ1) is 10.8. The molecule has 6 heteroatoms. The van der Waals surface area contributed by atoms with Crippen LogP contribution >= 0.6 is 46.6 Å². The number of halogens is 1. The van der Waals surface area contributed by atoms with Crippen molar-refractivity contribution in [3.8, 4) is 0 Å². The van der Waals surface area contributed by atoms with Crippen molar-refractivity contribution in [3.05, 3.63) is 21.1 Å². The lowest BCUT2D eigenvalue weighted by Crippen LogP contribution is -2.31. The first-order chi connectivity index (χ1) is 6.61. The van der Waals surface area contributed by atoms with Crippen molar-refractivity contribution in [2.75, 3.05) is 0 Å². The number of rotatable bonds is 1.